The Hall–Kier alpha value is -2.63. The molecule has 1 aromatic carbocycles. The number of anilines is 2. The van der Waals surface area contributed by atoms with E-state index in [-0.39, 0.29) is 23.8 Å². The number of benzene rings is 1. The van der Waals surface area contributed by atoms with E-state index >= 15 is 0 Å². The minimum absolute atomic E-state index is 0.0358. The third-order valence-electron chi connectivity index (χ3n) is 4.89. The van der Waals surface area contributed by atoms with E-state index in [1.54, 1.807) is 10.9 Å². The molecule has 1 aliphatic rings. The van der Waals surface area contributed by atoms with E-state index in [1.165, 1.54) is 0 Å². The highest BCUT2D eigenvalue weighted by atomic mass is 16.2. The zero-order chi connectivity index (χ0) is 18.5. The summed E-state index contributed by atoms with van der Waals surface area (Å²) in [5, 5.41) is 10.1. The molecule has 0 spiro atoms. The average molecular weight is 354 g/mol. The largest absolute Gasteiger partial charge is 0.324 e. The lowest BCUT2D eigenvalue weighted by Gasteiger charge is -2.17. The van der Waals surface area contributed by atoms with Gasteiger partial charge >= 0.3 is 0 Å². The van der Waals surface area contributed by atoms with E-state index in [9.17, 15) is 9.59 Å². The zero-order valence-corrected chi connectivity index (χ0v) is 15.4. The Morgan fingerprint density at radius 1 is 1.23 bits per heavy atom. The molecule has 1 heterocycles. The topological polar surface area (TPSA) is 76.0 Å². The zero-order valence-electron chi connectivity index (χ0n) is 15.4. The number of nitrogens with zero attached hydrogens (tertiary/aromatic N) is 2. The van der Waals surface area contributed by atoms with Gasteiger partial charge in [-0.05, 0) is 50.5 Å². The van der Waals surface area contributed by atoms with Crippen LogP contribution in [0.5, 0.6) is 0 Å². The summed E-state index contributed by atoms with van der Waals surface area (Å²) in [5.41, 5.74) is 2.33. The van der Waals surface area contributed by atoms with Gasteiger partial charge in [-0.2, -0.15) is 5.10 Å². The number of hydrogen-bond acceptors (Lipinski definition) is 3. The molecule has 0 saturated heterocycles. The van der Waals surface area contributed by atoms with Crippen molar-refractivity contribution in [2.45, 2.75) is 52.0 Å². The first-order valence-electron chi connectivity index (χ1n) is 9.23. The summed E-state index contributed by atoms with van der Waals surface area (Å²) in [6.07, 6.45) is 7.97. The van der Waals surface area contributed by atoms with Crippen LogP contribution < -0.4 is 10.6 Å². The van der Waals surface area contributed by atoms with Crippen LogP contribution in [-0.2, 0) is 9.59 Å². The fraction of sp³-hybridized carbons (Fsp3) is 0.450. The number of carbonyl (C=O) groups is 2. The second kappa shape index (κ2) is 8.17. The molecule has 2 aromatic rings. The molecule has 1 unspecified atom stereocenters. The van der Waals surface area contributed by atoms with Crippen LogP contribution in [0.3, 0.4) is 0 Å². The van der Waals surface area contributed by atoms with E-state index in [2.05, 4.69) is 15.7 Å². The standard InChI is InChI=1S/C20H26N4O2/c1-14-8-9-17(23-20(26)16-6-3-4-7-16)18(12-14)22-19(25)13-15(2)24-11-5-10-21-24/h5,8-12,15-16H,3-4,6-7,13H2,1-2H3,(H,22,25)(H,23,26). The van der Waals surface area contributed by atoms with Gasteiger partial charge in [0, 0.05) is 24.7 Å². The van der Waals surface area contributed by atoms with Crippen molar-refractivity contribution in [2.24, 2.45) is 5.92 Å². The van der Waals surface area contributed by atoms with Gasteiger partial charge in [-0.3, -0.25) is 14.3 Å². The first kappa shape index (κ1) is 18.2. The van der Waals surface area contributed by atoms with Crippen molar-refractivity contribution in [1.82, 2.24) is 9.78 Å². The fourth-order valence-electron chi connectivity index (χ4n) is 3.40. The Balaban J connectivity index is 1.67. The van der Waals surface area contributed by atoms with Crippen LogP contribution in [-0.4, -0.2) is 21.6 Å². The Morgan fingerprint density at radius 3 is 2.69 bits per heavy atom. The molecular formula is C20H26N4O2. The number of nitrogens with one attached hydrogen (secondary N) is 2. The highest BCUT2D eigenvalue weighted by Crippen LogP contribution is 2.29. The molecule has 0 bridgehead atoms. The van der Waals surface area contributed by atoms with E-state index < -0.39 is 0 Å². The molecule has 1 saturated carbocycles. The molecule has 1 fully saturated rings. The smallest absolute Gasteiger partial charge is 0.227 e. The number of rotatable bonds is 6. The number of hydrogen-bond donors (Lipinski definition) is 2. The highest BCUT2D eigenvalue weighted by molar-refractivity contribution is 6.00. The molecule has 0 aliphatic heterocycles. The summed E-state index contributed by atoms with van der Waals surface area (Å²) < 4.78 is 1.76. The monoisotopic (exact) mass is 354 g/mol. The first-order valence-corrected chi connectivity index (χ1v) is 9.23. The molecule has 6 heteroatoms. The molecule has 1 aromatic heterocycles. The van der Waals surface area contributed by atoms with Crippen LogP contribution in [0, 0.1) is 12.8 Å². The predicted octanol–water partition coefficient (Wildman–Crippen LogP) is 3.91. The van der Waals surface area contributed by atoms with Crippen molar-refractivity contribution in [3.05, 3.63) is 42.2 Å². The van der Waals surface area contributed by atoms with Gasteiger partial charge < -0.3 is 10.6 Å². The molecule has 138 valence electrons. The van der Waals surface area contributed by atoms with Gasteiger partial charge in [0.05, 0.1) is 17.4 Å². The second-order valence-electron chi connectivity index (χ2n) is 7.11. The van der Waals surface area contributed by atoms with E-state index in [1.807, 2.05) is 44.3 Å². The van der Waals surface area contributed by atoms with E-state index in [4.69, 9.17) is 0 Å². The van der Waals surface area contributed by atoms with E-state index in [0.717, 1.165) is 31.2 Å². The number of aromatic nitrogens is 2. The Morgan fingerprint density at radius 2 is 2.00 bits per heavy atom. The molecule has 6 nitrogen and oxygen atoms in total. The van der Waals surface area contributed by atoms with E-state index in [0.29, 0.717) is 17.8 Å². The van der Waals surface area contributed by atoms with Gasteiger partial charge in [-0.15, -0.1) is 0 Å². The van der Waals surface area contributed by atoms with Crippen molar-refractivity contribution in [2.75, 3.05) is 10.6 Å². The lowest BCUT2D eigenvalue weighted by molar-refractivity contribution is -0.120. The van der Waals surface area contributed by atoms with Crippen LogP contribution >= 0.6 is 0 Å². The normalized spacial score (nSPS) is 15.6. The summed E-state index contributed by atoms with van der Waals surface area (Å²) >= 11 is 0. The van der Waals surface area contributed by atoms with Crippen LogP contribution in [0.4, 0.5) is 11.4 Å². The Bertz CT molecular complexity index is 764. The molecule has 3 rings (SSSR count). The molecule has 26 heavy (non-hydrogen) atoms. The number of carbonyl (C=O) groups excluding carboxylic acids is 2. The van der Waals surface area contributed by atoms with Crippen molar-refractivity contribution in [1.29, 1.82) is 0 Å². The predicted molar refractivity (Wildman–Crippen MR) is 102 cm³/mol. The minimum atomic E-state index is -0.102. The maximum atomic E-state index is 12.5. The molecule has 0 radical (unpaired) electrons. The third kappa shape index (κ3) is 4.50. The van der Waals surface area contributed by atoms with Gasteiger partial charge in [0.1, 0.15) is 0 Å². The lowest BCUT2D eigenvalue weighted by atomic mass is 10.1. The van der Waals surface area contributed by atoms with Gasteiger partial charge in [-0.1, -0.05) is 18.9 Å². The fourth-order valence-corrected chi connectivity index (χ4v) is 3.40. The maximum Gasteiger partial charge on any atom is 0.227 e. The highest BCUT2D eigenvalue weighted by Gasteiger charge is 2.23. The quantitative estimate of drug-likeness (QED) is 0.826. The van der Waals surface area contributed by atoms with Crippen LogP contribution in [0.15, 0.2) is 36.7 Å². The second-order valence-corrected chi connectivity index (χ2v) is 7.11. The van der Waals surface area contributed by atoms with Gasteiger partial charge in [0.2, 0.25) is 11.8 Å². The Kier molecular flexibility index (Phi) is 5.71. The minimum Gasteiger partial charge on any atom is -0.324 e. The van der Waals surface area contributed by atoms with Crippen molar-refractivity contribution in [3.63, 3.8) is 0 Å². The van der Waals surface area contributed by atoms with Gasteiger partial charge in [0.25, 0.3) is 0 Å². The number of amides is 2. The molecular weight excluding hydrogens is 328 g/mol. The summed E-state index contributed by atoms with van der Waals surface area (Å²) in [7, 11) is 0. The molecule has 1 aliphatic carbocycles. The average Bonchev–Trinajstić information content (AvgIpc) is 3.30. The van der Waals surface area contributed by atoms with Crippen molar-refractivity contribution >= 4 is 23.2 Å². The van der Waals surface area contributed by atoms with Crippen molar-refractivity contribution < 1.29 is 9.59 Å². The Labute approximate surface area is 154 Å². The van der Waals surface area contributed by atoms with Gasteiger partial charge in [0.15, 0.2) is 0 Å². The van der Waals surface area contributed by atoms with Crippen LogP contribution in [0.1, 0.15) is 50.6 Å². The lowest BCUT2D eigenvalue weighted by Crippen LogP contribution is -2.22. The summed E-state index contributed by atoms with van der Waals surface area (Å²) in [5.74, 6) is 0.0291. The SMILES string of the molecule is Cc1ccc(NC(=O)C2CCCC2)c(NC(=O)CC(C)n2cccn2)c1. The molecule has 2 amide bonds. The maximum absolute atomic E-state index is 12.5. The first-order chi connectivity index (χ1) is 12.5. The van der Waals surface area contributed by atoms with Crippen molar-refractivity contribution in [3.8, 4) is 0 Å². The third-order valence-corrected chi connectivity index (χ3v) is 4.89. The summed E-state index contributed by atoms with van der Waals surface area (Å²) in [6, 6.07) is 7.49. The molecule has 1 atom stereocenters. The summed E-state index contributed by atoms with van der Waals surface area (Å²) in [6.45, 7) is 3.91. The molecule has 2 N–H and O–H groups in total. The summed E-state index contributed by atoms with van der Waals surface area (Å²) in [4.78, 5) is 24.9. The van der Waals surface area contributed by atoms with Crippen LogP contribution in [0.2, 0.25) is 0 Å². The van der Waals surface area contributed by atoms with Gasteiger partial charge in [-0.25, -0.2) is 0 Å². The van der Waals surface area contributed by atoms with Crippen LogP contribution in [0.25, 0.3) is 0 Å². The number of aryl methyl sites for hydroxylation is 1.